The number of hydrogen-bond acceptors (Lipinski definition) is 6. The maximum atomic E-state index is 12.6. The van der Waals surface area contributed by atoms with Crippen molar-refractivity contribution >= 4 is 44.9 Å². The summed E-state index contributed by atoms with van der Waals surface area (Å²) < 4.78 is 53.3. The van der Waals surface area contributed by atoms with Crippen LogP contribution in [0.2, 0.25) is 0 Å². The fourth-order valence-electron chi connectivity index (χ4n) is 2.60. The summed E-state index contributed by atoms with van der Waals surface area (Å²) in [5.74, 6) is 0. The van der Waals surface area contributed by atoms with Crippen molar-refractivity contribution in [1.29, 1.82) is 0 Å². The predicted molar refractivity (Wildman–Crippen MR) is 111 cm³/mol. The van der Waals surface area contributed by atoms with Crippen LogP contribution in [0.25, 0.3) is 0 Å². The van der Waals surface area contributed by atoms with E-state index >= 15 is 0 Å². The summed E-state index contributed by atoms with van der Waals surface area (Å²) in [7, 11) is -4.99. The van der Waals surface area contributed by atoms with Crippen LogP contribution in [0.4, 0.5) is 0 Å². The summed E-state index contributed by atoms with van der Waals surface area (Å²) in [6, 6.07) is 5.66. The summed E-state index contributed by atoms with van der Waals surface area (Å²) in [5, 5.41) is 3.27. The van der Waals surface area contributed by atoms with Gasteiger partial charge in [0.05, 0.1) is 0 Å². The molecule has 0 bridgehead atoms. The summed E-state index contributed by atoms with van der Waals surface area (Å²) in [6.07, 6.45) is 0.668. The molecule has 1 aliphatic heterocycles. The molecule has 12 heteroatoms. The molecule has 0 radical (unpaired) electrons. The number of rotatable bonds is 8. The van der Waals surface area contributed by atoms with Crippen LogP contribution in [0, 0.1) is 0 Å². The zero-order chi connectivity index (χ0) is 18.5. The summed E-state index contributed by atoms with van der Waals surface area (Å²) in [5.41, 5.74) is 0. The largest absolute Gasteiger partial charge is 0.314 e. The molecule has 0 aromatic heterocycles. The molecule has 1 aliphatic rings. The maximum absolute atomic E-state index is 12.6. The molecule has 27 heavy (non-hydrogen) atoms. The molecular weight excluding hydrogens is 435 g/mol. The third-order valence-corrected chi connectivity index (χ3v) is 7.57. The number of nitrogens with one attached hydrogen (secondary N) is 2. The van der Waals surface area contributed by atoms with Crippen LogP contribution in [0.3, 0.4) is 0 Å². The average Bonchev–Trinajstić information content (AvgIpc) is 2.59. The van der Waals surface area contributed by atoms with Crippen molar-refractivity contribution in [2.75, 3.05) is 53.4 Å². The number of halogens is 2. The lowest BCUT2D eigenvalue weighted by molar-refractivity contribution is 0.239. The zero-order valence-corrected chi connectivity index (χ0v) is 18.7. The standard InChI is InChI=1S/C15H26N4O4S2.2ClH/c1-18(2)25(22,23)15-7-4-3-6-14(15)24(20,21)17-8-5-11-19-12-9-16-10-13-19;;/h3-4,6-7,16-17H,5,8-13H2,1-2H3;2*1H. The van der Waals surface area contributed by atoms with Crippen LogP contribution < -0.4 is 10.0 Å². The lowest BCUT2D eigenvalue weighted by Gasteiger charge is -2.27. The minimum absolute atomic E-state index is 0. The van der Waals surface area contributed by atoms with Crippen LogP contribution in [0.5, 0.6) is 0 Å². The van der Waals surface area contributed by atoms with Gasteiger partial charge in [0.1, 0.15) is 9.79 Å². The smallest absolute Gasteiger partial charge is 0.243 e. The molecule has 0 aliphatic carbocycles. The van der Waals surface area contributed by atoms with E-state index in [1.807, 2.05) is 0 Å². The Morgan fingerprint density at radius 3 is 2.15 bits per heavy atom. The van der Waals surface area contributed by atoms with E-state index in [0.717, 1.165) is 37.0 Å². The number of piperazine rings is 1. The van der Waals surface area contributed by atoms with Gasteiger partial charge in [-0.05, 0) is 25.1 Å². The molecule has 1 aromatic carbocycles. The fourth-order valence-corrected chi connectivity index (χ4v) is 5.37. The Kier molecular flexibility index (Phi) is 11.3. The van der Waals surface area contributed by atoms with Gasteiger partial charge in [0.25, 0.3) is 0 Å². The SMILES string of the molecule is CN(C)S(=O)(=O)c1ccccc1S(=O)(=O)NCCCN1CCNCC1.Cl.Cl. The van der Waals surface area contributed by atoms with E-state index < -0.39 is 20.0 Å². The van der Waals surface area contributed by atoms with Gasteiger partial charge in [0.15, 0.2) is 0 Å². The summed E-state index contributed by atoms with van der Waals surface area (Å²) in [4.78, 5) is 1.84. The van der Waals surface area contributed by atoms with E-state index in [0.29, 0.717) is 6.42 Å². The van der Waals surface area contributed by atoms with E-state index in [-0.39, 0.29) is 41.1 Å². The lowest BCUT2D eigenvalue weighted by Crippen LogP contribution is -2.44. The Bertz CT molecular complexity index is 783. The quantitative estimate of drug-likeness (QED) is 0.540. The van der Waals surface area contributed by atoms with E-state index in [9.17, 15) is 16.8 Å². The van der Waals surface area contributed by atoms with Gasteiger partial charge in [-0.2, -0.15) is 0 Å². The summed E-state index contributed by atoms with van der Waals surface area (Å²) >= 11 is 0. The van der Waals surface area contributed by atoms with Crippen molar-refractivity contribution in [2.45, 2.75) is 16.2 Å². The van der Waals surface area contributed by atoms with E-state index in [4.69, 9.17) is 0 Å². The normalized spacial score (nSPS) is 15.8. The lowest BCUT2D eigenvalue weighted by atomic mass is 10.3. The Morgan fingerprint density at radius 2 is 1.59 bits per heavy atom. The molecule has 8 nitrogen and oxygen atoms in total. The number of sulfonamides is 2. The van der Waals surface area contributed by atoms with Crippen LogP contribution in [0.1, 0.15) is 6.42 Å². The van der Waals surface area contributed by atoms with Crippen LogP contribution in [-0.4, -0.2) is 79.4 Å². The molecule has 0 unspecified atom stereocenters. The highest BCUT2D eigenvalue weighted by molar-refractivity contribution is 7.92. The first kappa shape index (κ1) is 26.5. The molecular formula is C15H28Cl2N4O4S2. The third kappa shape index (κ3) is 7.13. The molecule has 0 atom stereocenters. The van der Waals surface area contributed by atoms with E-state index in [2.05, 4.69) is 14.9 Å². The minimum atomic E-state index is -3.90. The number of nitrogens with zero attached hydrogens (tertiary/aromatic N) is 2. The molecule has 1 heterocycles. The van der Waals surface area contributed by atoms with Crippen molar-refractivity contribution < 1.29 is 16.8 Å². The first-order chi connectivity index (χ1) is 11.7. The van der Waals surface area contributed by atoms with Gasteiger partial charge in [-0.1, -0.05) is 12.1 Å². The Morgan fingerprint density at radius 1 is 1.04 bits per heavy atom. The molecule has 158 valence electrons. The number of hydrogen-bond donors (Lipinski definition) is 2. The molecule has 1 fully saturated rings. The molecule has 1 saturated heterocycles. The fraction of sp³-hybridized carbons (Fsp3) is 0.600. The first-order valence-electron chi connectivity index (χ1n) is 8.19. The Balaban J connectivity index is 0.00000338. The van der Waals surface area contributed by atoms with Crippen molar-refractivity contribution in [1.82, 2.24) is 19.2 Å². The maximum Gasteiger partial charge on any atom is 0.243 e. The zero-order valence-electron chi connectivity index (χ0n) is 15.4. The van der Waals surface area contributed by atoms with E-state index in [1.165, 1.54) is 38.4 Å². The number of benzene rings is 1. The predicted octanol–water partition coefficient (Wildman–Crippen LogP) is 0.354. The molecule has 2 rings (SSSR count). The van der Waals surface area contributed by atoms with Crippen molar-refractivity contribution in [3.05, 3.63) is 24.3 Å². The van der Waals surface area contributed by atoms with Gasteiger partial charge in [-0.15, -0.1) is 24.8 Å². The van der Waals surface area contributed by atoms with Gasteiger partial charge >= 0.3 is 0 Å². The minimum Gasteiger partial charge on any atom is -0.314 e. The second-order valence-corrected chi connectivity index (χ2v) is 9.93. The Labute approximate surface area is 174 Å². The Hall–Kier alpha value is -0.460. The highest BCUT2D eigenvalue weighted by Gasteiger charge is 2.27. The van der Waals surface area contributed by atoms with Crippen molar-refractivity contribution in [3.63, 3.8) is 0 Å². The van der Waals surface area contributed by atoms with Gasteiger partial charge in [0, 0.05) is 46.8 Å². The van der Waals surface area contributed by atoms with Gasteiger partial charge in [-0.25, -0.2) is 25.9 Å². The highest BCUT2D eigenvalue weighted by atomic mass is 35.5. The monoisotopic (exact) mass is 462 g/mol. The van der Waals surface area contributed by atoms with Crippen molar-refractivity contribution in [2.24, 2.45) is 0 Å². The average molecular weight is 463 g/mol. The molecule has 0 spiro atoms. The summed E-state index contributed by atoms with van der Waals surface area (Å²) in [6.45, 7) is 4.88. The van der Waals surface area contributed by atoms with Crippen LogP contribution in [-0.2, 0) is 20.0 Å². The van der Waals surface area contributed by atoms with Gasteiger partial charge in [-0.3, -0.25) is 0 Å². The topological polar surface area (TPSA) is 98.8 Å². The van der Waals surface area contributed by atoms with Crippen molar-refractivity contribution in [3.8, 4) is 0 Å². The van der Waals surface area contributed by atoms with Crippen LogP contribution >= 0.6 is 24.8 Å². The van der Waals surface area contributed by atoms with Gasteiger partial charge < -0.3 is 10.2 Å². The van der Waals surface area contributed by atoms with E-state index in [1.54, 1.807) is 0 Å². The van der Waals surface area contributed by atoms with Gasteiger partial charge in [0.2, 0.25) is 20.0 Å². The molecule has 0 saturated carbocycles. The molecule has 1 aromatic rings. The second kappa shape index (κ2) is 11.5. The van der Waals surface area contributed by atoms with Crippen LogP contribution in [0.15, 0.2) is 34.1 Å². The first-order valence-corrected chi connectivity index (χ1v) is 11.1. The third-order valence-electron chi connectivity index (χ3n) is 4.05. The second-order valence-electron chi connectivity index (χ2n) is 6.08. The molecule has 2 N–H and O–H groups in total. The molecule has 0 amide bonds. The highest BCUT2D eigenvalue weighted by Crippen LogP contribution is 2.22.